The lowest BCUT2D eigenvalue weighted by molar-refractivity contribution is 0.0526. The molecule has 0 radical (unpaired) electrons. The summed E-state index contributed by atoms with van der Waals surface area (Å²) in [6.45, 7) is 2.15. The molecule has 0 unspecified atom stereocenters. The minimum atomic E-state index is -0.324. The van der Waals surface area contributed by atoms with E-state index in [-0.39, 0.29) is 5.97 Å². The van der Waals surface area contributed by atoms with E-state index in [2.05, 4.69) is 26.2 Å². The van der Waals surface area contributed by atoms with E-state index in [0.29, 0.717) is 12.2 Å². The Hall–Kier alpha value is -2.73. The fourth-order valence-electron chi connectivity index (χ4n) is 2.32. The Kier molecular flexibility index (Phi) is 5.40. The first kappa shape index (κ1) is 17.1. The predicted molar refractivity (Wildman–Crippen MR) is 101 cm³/mol. The van der Waals surface area contributed by atoms with Gasteiger partial charge in [-0.2, -0.15) is 0 Å². The minimum Gasteiger partial charge on any atom is -0.462 e. The topological polar surface area (TPSA) is 57.0 Å². The van der Waals surface area contributed by atoms with Gasteiger partial charge in [-0.25, -0.2) is 9.48 Å². The zero-order valence-electron chi connectivity index (χ0n) is 13.6. The number of ether oxygens (including phenoxy) is 1. The van der Waals surface area contributed by atoms with Gasteiger partial charge in [0.15, 0.2) is 0 Å². The lowest BCUT2D eigenvalue weighted by Crippen LogP contribution is -2.03. The molecule has 6 heteroatoms. The Bertz CT molecular complexity index is 884. The molecule has 1 aromatic heterocycles. The number of nitrogens with zero attached hydrogens (tertiary/aromatic N) is 3. The number of carbonyl (C=O) groups is 1. The lowest BCUT2D eigenvalue weighted by Gasteiger charge is -2.02. The summed E-state index contributed by atoms with van der Waals surface area (Å²) >= 11 is 3.26. The first-order chi connectivity index (χ1) is 12.2. The smallest absolute Gasteiger partial charge is 0.338 e. The number of benzene rings is 2. The van der Waals surface area contributed by atoms with Crippen molar-refractivity contribution in [1.29, 1.82) is 0 Å². The highest BCUT2D eigenvalue weighted by Gasteiger charge is 2.09. The molecular formula is C19H16BrN3O2. The first-order valence-electron chi connectivity index (χ1n) is 7.78. The molecule has 25 heavy (non-hydrogen) atoms. The molecule has 0 aliphatic rings. The molecule has 3 rings (SSSR count). The molecule has 0 aliphatic carbocycles. The first-order valence-corrected chi connectivity index (χ1v) is 8.70. The summed E-state index contributed by atoms with van der Waals surface area (Å²) < 4.78 is 6.70. The molecule has 126 valence electrons. The van der Waals surface area contributed by atoms with Crippen molar-refractivity contribution >= 4 is 28.0 Å². The summed E-state index contributed by atoms with van der Waals surface area (Å²) in [5, 5.41) is 8.38. The van der Waals surface area contributed by atoms with Crippen molar-refractivity contribution in [3.8, 4) is 16.9 Å². The van der Waals surface area contributed by atoms with Gasteiger partial charge in [-0.05, 0) is 47.8 Å². The van der Waals surface area contributed by atoms with Crippen molar-refractivity contribution in [1.82, 2.24) is 15.0 Å². The quantitative estimate of drug-likeness (QED) is 0.595. The molecule has 1 heterocycles. The molecule has 0 atom stereocenters. The highest BCUT2D eigenvalue weighted by molar-refractivity contribution is 9.11. The van der Waals surface area contributed by atoms with E-state index in [4.69, 9.17) is 4.74 Å². The van der Waals surface area contributed by atoms with Crippen LogP contribution < -0.4 is 0 Å². The summed E-state index contributed by atoms with van der Waals surface area (Å²) in [6.07, 6.45) is 3.82. The van der Waals surface area contributed by atoms with Crippen molar-refractivity contribution in [2.75, 3.05) is 6.61 Å². The summed E-state index contributed by atoms with van der Waals surface area (Å²) in [4.78, 5) is 13.5. The van der Waals surface area contributed by atoms with E-state index >= 15 is 0 Å². The maximum absolute atomic E-state index is 11.7. The van der Waals surface area contributed by atoms with Crippen LogP contribution >= 0.6 is 15.9 Å². The Labute approximate surface area is 154 Å². The van der Waals surface area contributed by atoms with E-state index in [1.165, 1.54) is 0 Å². The maximum Gasteiger partial charge on any atom is 0.338 e. The third-order valence-electron chi connectivity index (χ3n) is 3.60. The molecular weight excluding hydrogens is 382 g/mol. The minimum absolute atomic E-state index is 0.324. The second-order valence-corrected chi connectivity index (χ2v) is 5.76. The fourth-order valence-corrected chi connectivity index (χ4v) is 2.63. The Morgan fingerprint density at radius 1 is 1.16 bits per heavy atom. The number of aromatic nitrogens is 3. The Morgan fingerprint density at radius 2 is 1.88 bits per heavy atom. The second-order valence-electron chi connectivity index (χ2n) is 5.23. The van der Waals surface area contributed by atoms with Crippen molar-refractivity contribution in [3.05, 3.63) is 70.8 Å². The average molecular weight is 398 g/mol. The number of esters is 1. The van der Waals surface area contributed by atoms with Crippen LogP contribution in [0.4, 0.5) is 0 Å². The standard InChI is InChI=1S/C19H16BrN3O2/c1-2-25-19(24)16-7-5-15(6-8-16)18-13-23(22-21-18)17-9-3-14(4-10-17)11-12-20/h3-13H,2H2,1H3/b12-11+. The third kappa shape index (κ3) is 4.03. The van der Waals surface area contributed by atoms with Crippen LogP contribution in [0.3, 0.4) is 0 Å². The molecule has 0 spiro atoms. The van der Waals surface area contributed by atoms with Gasteiger partial charge in [-0.15, -0.1) is 5.10 Å². The third-order valence-corrected chi connectivity index (χ3v) is 3.86. The number of hydrogen-bond acceptors (Lipinski definition) is 4. The van der Waals surface area contributed by atoms with Crippen molar-refractivity contribution in [3.63, 3.8) is 0 Å². The molecule has 0 bridgehead atoms. The van der Waals surface area contributed by atoms with Crippen LogP contribution in [0.2, 0.25) is 0 Å². The van der Waals surface area contributed by atoms with Crippen molar-refractivity contribution in [2.45, 2.75) is 6.92 Å². The molecule has 0 aliphatic heterocycles. The van der Waals surface area contributed by atoms with Gasteiger partial charge in [-0.1, -0.05) is 45.4 Å². The Morgan fingerprint density at radius 3 is 2.52 bits per heavy atom. The van der Waals surface area contributed by atoms with Crippen molar-refractivity contribution in [2.24, 2.45) is 0 Å². The van der Waals surface area contributed by atoms with Gasteiger partial charge in [0.2, 0.25) is 0 Å². The van der Waals surface area contributed by atoms with Gasteiger partial charge in [-0.3, -0.25) is 0 Å². The van der Waals surface area contributed by atoms with Crippen LogP contribution in [0.1, 0.15) is 22.8 Å². The van der Waals surface area contributed by atoms with Gasteiger partial charge in [0.1, 0.15) is 5.69 Å². The summed E-state index contributed by atoms with van der Waals surface area (Å²) in [5.41, 5.74) is 4.16. The van der Waals surface area contributed by atoms with Crippen LogP contribution in [-0.2, 0) is 4.74 Å². The summed E-state index contributed by atoms with van der Waals surface area (Å²) in [6, 6.07) is 15.1. The van der Waals surface area contributed by atoms with E-state index in [0.717, 1.165) is 22.5 Å². The summed E-state index contributed by atoms with van der Waals surface area (Å²) in [7, 11) is 0. The highest BCUT2D eigenvalue weighted by atomic mass is 79.9. The van der Waals surface area contributed by atoms with Gasteiger partial charge in [0.25, 0.3) is 0 Å². The van der Waals surface area contributed by atoms with E-state index in [1.807, 2.05) is 53.7 Å². The maximum atomic E-state index is 11.7. The van der Waals surface area contributed by atoms with Crippen LogP contribution in [0.5, 0.6) is 0 Å². The van der Waals surface area contributed by atoms with Crippen LogP contribution in [0.15, 0.2) is 59.7 Å². The largest absolute Gasteiger partial charge is 0.462 e. The highest BCUT2D eigenvalue weighted by Crippen LogP contribution is 2.19. The summed E-state index contributed by atoms with van der Waals surface area (Å²) in [5.74, 6) is -0.324. The van der Waals surface area contributed by atoms with Crippen molar-refractivity contribution < 1.29 is 9.53 Å². The monoisotopic (exact) mass is 397 g/mol. The van der Waals surface area contributed by atoms with E-state index < -0.39 is 0 Å². The average Bonchev–Trinajstić information content (AvgIpc) is 3.13. The zero-order valence-corrected chi connectivity index (χ0v) is 15.2. The molecule has 0 N–H and O–H groups in total. The molecule has 0 fully saturated rings. The van der Waals surface area contributed by atoms with Crippen LogP contribution in [0, 0.1) is 0 Å². The molecule has 0 amide bonds. The van der Waals surface area contributed by atoms with Gasteiger partial charge in [0.05, 0.1) is 24.1 Å². The molecule has 0 saturated heterocycles. The van der Waals surface area contributed by atoms with Crippen LogP contribution in [0.25, 0.3) is 23.0 Å². The normalized spacial score (nSPS) is 11.0. The van der Waals surface area contributed by atoms with E-state index in [1.54, 1.807) is 23.7 Å². The predicted octanol–water partition coefficient (Wildman–Crippen LogP) is 4.48. The van der Waals surface area contributed by atoms with Gasteiger partial charge >= 0.3 is 5.97 Å². The number of rotatable bonds is 5. The van der Waals surface area contributed by atoms with Gasteiger partial charge in [0, 0.05) is 5.56 Å². The molecule has 2 aromatic carbocycles. The fraction of sp³-hybridized carbons (Fsp3) is 0.105. The zero-order chi connectivity index (χ0) is 17.6. The number of halogens is 1. The van der Waals surface area contributed by atoms with E-state index in [9.17, 15) is 4.79 Å². The number of carbonyl (C=O) groups excluding carboxylic acids is 1. The van der Waals surface area contributed by atoms with Gasteiger partial charge < -0.3 is 4.74 Å². The Balaban J connectivity index is 1.80. The van der Waals surface area contributed by atoms with Crippen LogP contribution in [-0.4, -0.2) is 27.6 Å². The second kappa shape index (κ2) is 7.90. The molecule has 5 nitrogen and oxygen atoms in total. The lowest BCUT2D eigenvalue weighted by atomic mass is 10.1. The number of hydrogen-bond donors (Lipinski definition) is 0. The molecule has 3 aromatic rings. The molecule has 0 saturated carbocycles. The SMILES string of the molecule is CCOC(=O)c1ccc(-c2cn(-c3ccc(/C=C/Br)cc3)nn2)cc1.